The van der Waals surface area contributed by atoms with E-state index in [4.69, 9.17) is 4.74 Å². The third-order valence-corrected chi connectivity index (χ3v) is 3.78. The normalized spacial score (nSPS) is 42.5. The molecule has 2 aliphatic rings. The third-order valence-electron chi connectivity index (χ3n) is 3.78. The lowest BCUT2D eigenvalue weighted by Gasteiger charge is -2.21. The van der Waals surface area contributed by atoms with Gasteiger partial charge in [-0.25, -0.2) is 0 Å². The molecule has 0 aromatic heterocycles. The Bertz CT molecular complexity index is 378. The van der Waals surface area contributed by atoms with Crippen molar-refractivity contribution < 1.29 is 29.0 Å². The van der Waals surface area contributed by atoms with Crippen molar-refractivity contribution in [2.24, 2.45) is 17.3 Å². The van der Waals surface area contributed by atoms with Gasteiger partial charge >= 0.3 is 11.9 Å². The van der Waals surface area contributed by atoms with Gasteiger partial charge in [0.05, 0.1) is 13.2 Å². The van der Waals surface area contributed by atoms with Gasteiger partial charge < -0.3 is 19.4 Å². The maximum atomic E-state index is 11.8. The molecule has 0 amide bonds. The van der Waals surface area contributed by atoms with Crippen LogP contribution >= 0.6 is 0 Å². The Balaban J connectivity index is 2.31. The van der Waals surface area contributed by atoms with Crippen LogP contribution in [0.25, 0.3) is 0 Å². The maximum absolute atomic E-state index is 11.8. The van der Waals surface area contributed by atoms with Crippen LogP contribution in [0.1, 0.15) is 13.3 Å². The second-order valence-electron chi connectivity index (χ2n) is 4.51. The van der Waals surface area contributed by atoms with Gasteiger partial charge in [-0.1, -0.05) is 0 Å². The molecule has 2 aliphatic carbocycles. The fraction of sp³-hybridized carbons (Fsp3) is 0.727. The molecule has 0 radical (unpaired) electrons. The van der Waals surface area contributed by atoms with Crippen LogP contribution in [-0.2, 0) is 23.9 Å². The van der Waals surface area contributed by atoms with Crippen molar-refractivity contribution >= 4 is 18.2 Å². The number of rotatable bonds is 3. The average molecular weight is 242 g/mol. The predicted octanol–water partition coefficient (Wildman–Crippen LogP) is -0.713. The molecular formula is C11H14O6. The molecule has 2 saturated carbocycles. The largest absolute Gasteiger partial charge is 0.468 e. The smallest absolute Gasteiger partial charge is 0.316 e. The van der Waals surface area contributed by atoms with Crippen LogP contribution in [0.4, 0.5) is 0 Å². The van der Waals surface area contributed by atoms with Crippen LogP contribution in [0.3, 0.4) is 0 Å². The summed E-state index contributed by atoms with van der Waals surface area (Å²) in [4.78, 5) is 33.7. The first-order valence-corrected chi connectivity index (χ1v) is 5.39. The molecular weight excluding hydrogens is 228 g/mol. The lowest BCUT2D eigenvalue weighted by Crippen LogP contribution is -2.35. The van der Waals surface area contributed by atoms with Gasteiger partial charge in [-0.2, -0.15) is 0 Å². The Morgan fingerprint density at radius 1 is 1.47 bits per heavy atom. The Kier molecular flexibility index (Phi) is 2.69. The first-order valence-electron chi connectivity index (χ1n) is 5.39. The molecule has 94 valence electrons. The van der Waals surface area contributed by atoms with E-state index in [0.29, 0.717) is 6.29 Å². The van der Waals surface area contributed by atoms with E-state index in [0.717, 1.165) is 0 Å². The minimum absolute atomic E-state index is 0.170. The molecule has 6 heteroatoms. The summed E-state index contributed by atoms with van der Waals surface area (Å²) in [6.07, 6.45) is -0.791. The van der Waals surface area contributed by atoms with Crippen molar-refractivity contribution in [1.82, 2.24) is 0 Å². The number of esters is 2. The molecule has 2 rings (SSSR count). The standard InChI is InChI=1S/C11H14O6/c1-5(13)17-8-3-7(14)9-6(4-12)11(8,9)10(15)16-2/h4,6-9,14H,3H2,1-2H3/t6-,7?,8-,9+,11+/m1/s1. The summed E-state index contributed by atoms with van der Waals surface area (Å²) in [5.74, 6) is -2.25. The van der Waals surface area contributed by atoms with Gasteiger partial charge in [0, 0.05) is 25.2 Å². The van der Waals surface area contributed by atoms with Gasteiger partial charge in [0.25, 0.3) is 0 Å². The van der Waals surface area contributed by atoms with E-state index in [1.54, 1.807) is 0 Å². The van der Waals surface area contributed by atoms with Crippen LogP contribution in [-0.4, -0.2) is 42.6 Å². The molecule has 0 bridgehead atoms. The number of carbonyl (C=O) groups is 3. The van der Waals surface area contributed by atoms with E-state index < -0.39 is 41.4 Å². The van der Waals surface area contributed by atoms with E-state index in [1.165, 1.54) is 14.0 Å². The molecule has 6 nitrogen and oxygen atoms in total. The van der Waals surface area contributed by atoms with E-state index >= 15 is 0 Å². The molecule has 5 atom stereocenters. The van der Waals surface area contributed by atoms with Crippen molar-refractivity contribution in [2.45, 2.75) is 25.6 Å². The molecule has 0 saturated heterocycles. The number of hydrogen-bond donors (Lipinski definition) is 1. The number of ether oxygens (including phenoxy) is 2. The van der Waals surface area contributed by atoms with Gasteiger partial charge in [-0.15, -0.1) is 0 Å². The Labute approximate surface area is 97.9 Å². The highest BCUT2D eigenvalue weighted by atomic mass is 16.6. The average Bonchev–Trinajstić information content (AvgIpc) is 2.88. The van der Waals surface area contributed by atoms with Crippen LogP contribution in [0.15, 0.2) is 0 Å². The summed E-state index contributed by atoms with van der Waals surface area (Å²) < 4.78 is 9.71. The fourth-order valence-electron chi connectivity index (χ4n) is 3.14. The van der Waals surface area contributed by atoms with Crippen LogP contribution in [0.5, 0.6) is 0 Å². The summed E-state index contributed by atoms with van der Waals surface area (Å²) in [5.41, 5.74) is -1.17. The minimum Gasteiger partial charge on any atom is -0.468 e. The molecule has 1 N–H and O–H groups in total. The van der Waals surface area contributed by atoms with Crippen molar-refractivity contribution in [3.8, 4) is 0 Å². The highest BCUT2D eigenvalue weighted by Crippen LogP contribution is 2.68. The zero-order valence-corrected chi connectivity index (χ0v) is 9.58. The number of aliphatic hydroxyl groups is 1. The van der Waals surface area contributed by atoms with Crippen LogP contribution < -0.4 is 0 Å². The maximum Gasteiger partial charge on any atom is 0.316 e. The molecule has 1 unspecified atom stereocenters. The number of methoxy groups -OCH3 is 1. The lowest BCUT2D eigenvalue weighted by atomic mass is 9.96. The number of aliphatic hydroxyl groups excluding tert-OH is 1. The molecule has 0 aliphatic heterocycles. The molecule has 0 spiro atoms. The first-order chi connectivity index (χ1) is 7.99. The van der Waals surface area contributed by atoms with Crippen molar-refractivity contribution in [3.63, 3.8) is 0 Å². The Morgan fingerprint density at radius 3 is 2.53 bits per heavy atom. The zero-order chi connectivity index (χ0) is 12.8. The van der Waals surface area contributed by atoms with Gasteiger partial charge in [0.15, 0.2) is 0 Å². The minimum atomic E-state index is -1.17. The monoisotopic (exact) mass is 242 g/mol. The van der Waals surface area contributed by atoms with Gasteiger partial charge in [0.2, 0.25) is 0 Å². The number of hydrogen-bond acceptors (Lipinski definition) is 6. The highest BCUT2D eigenvalue weighted by Gasteiger charge is 2.81. The summed E-state index contributed by atoms with van der Waals surface area (Å²) in [6.45, 7) is 1.23. The quantitative estimate of drug-likeness (QED) is 0.519. The first kappa shape index (κ1) is 12.0. The molecule has 0 aromatic rings. The van der Waals surface area contributed by atoms with Crippen molar-refractivity contribution in [3.05, 3.63) is 0 Å². The second kappa shape index (κ2) is 3.80. The molecule has 2 fully saturated rings. The number of aldehydes is 1. The van der Waals surface area contributed by atoms with Crippen molar-refractivity contribution in [1.29, 1.82) is 0 Å². The van der Waals surface area contributed by atoms with Crippen LogP contribution in [0, 0.1) is 17.3 Å². The van der Waals surface area contributed by atoms with E-state index in [9.17, 15) is 19.5 Å². The lowest BCUT2D eigenvalue weighted by molar-refractivity contribution is -0.162. The predicted molar refractivity (Wildman–Crippen MR) is 53.7 cm³/mol. The molecule has 0 heterocycles. The number of carbonyl (C=O) groups excluding carboxylic acids is 3. The van der Waals surface area contributed by atoms with E-state index in [2.05, 4.69) is 4.74 Å². The zero-order valence-electron chi connectivity index (χ0n) is 9.58. The SMILES string of the molecule is COC(=O)[C@]12[C@H](C=O)[C@H]1C(O)C[C@H]2OC(C)=O. The third kappa shape index (κ3) is 1.40. The van der Waals surface area contributed by atoms with Gasteiger partial charge in [0.1, 0.15) is 17.8 Å². The summed E-state index contributed by atoms with van der Waals surface area (Å²) in [7, 11) is 1.21. The second-order valence-corrected chi connectivity index (χ2v) is 4.51. The van der Waals surface area contributed by atoms with Gasteiger partial charge in [-0.3, -0.25) is 9.59 Å². The van der Waals surface area contributed by atoms with E-state index in [1.807, 2.05) is 0 Å². The van der Waals surface area contributed by atoms with E-state index in [-0.39, 0.29) is 6.42 Å². The fourth-order valence-corrected chi connectivity index (χ4v) is 3.14. The van der Waals surface area contributed by atoms with Crippen molar-refractivity contribution in [2.75, 3.05) is 7.11 Å². The van der Waals surface area contributed by atoms with Gasteiger partial charge in [-0.05, 0) is 0 Å². The summed E-state index contributed by atoms with van der Waals surface area (Å²) in [5, 5.41) is 9.78. The highest BCUT2D eigenvalue weighted by molar-refractivity contribution is 5.89. The number of fused-ring (bicyclic) bond motifs is 1. The Hall–Kier alpha value is -1.43. The van der Waals surface area contributed by atoms with Crippen LogP contribution in [0.2, 0.25) is 0 Å². The summed E-state index contributed by atoms with van der Waals surface area (Å²) in [6, 6.07) is 0. The molecule has 17 heavy (non-hydrogen) atoms. The Morgan fingerprint density at radius 2 is 2.12 bits per heavy atom. The summed E-state index contributed by atoms with van der Waals surface area (Å²) >= 11 is 0. The topological polar surface area (TPSA) is 89.9 Å². The molecule has 0 aromatic carbocycles.